The normalized spacial score (nSPS) is 16.9. The number of rotatable bonds is 2. The third kappa shape index (κ3) is 3.01. The van der Waals surface area contributed by atoms with Crippen molar-refractivity contribution in [1.82, 2.24) is 9.80 Å². The molecule has 1 aliphatic rings. The number of aryl methyl sites for hydroxylation is 2. The van der Waals surface area contributed by atoms with E-state index in [0.717, 1.165) is 19.6 Å². The Labute approximate surface area is 108 Å². The lowest BCUT2D eigenvalue weighted by Gasteiger charge is -2.33. The van der Waals surface area contributed by atoms with Crippen molar-refractivity contribution in [2.45, 2.75) is 20.4 Å². The van der Waals surface area contributed by atoms with Crippen molar-refractivity contribution < 1.29 is 9.90 Å². The molecular weight excluding hydrogens is 228 g/mol. The largest absolute Gasteiger partial charge is 0.465 e. The second kappa shape index (κ2) is 5.40. The molecule has 0 unspecified atom stereocenters. The van der Waals surface area contributed by atoms with Gasteiger partial charge in [0.2, 0.25) is 0 Å². The van der Waals surface area contributed by atoms with Crippen LogP contribution in [0.5, 0.6) is 0 Å². The van der Waals surface area contributed by atoms with Gasteiger partial charge in [0, 0.05) is 32.7 Å². The summed E-state index contributed by atoms with van der Waals surface area (Å²) >= 11 is 0. The first kappa shape index (κ1) is 12.9. The van der Waals surface area contributed by atoms with Gasteiger partial charge in [-0.2, -0.15) is 0 Å². The Morgan fingerprint density at radius 3 is 2.39 bits per heavy atom. The summed E-state index contributed by atoms with van der Waals surface area (Å²) in [6.45, 7) is 8.01. The van der Waals surface area contributed by atoms with Gasteiger partial charge in [-0.15, -0.1) is 0 Å². The average Bonchev–Trinajstić information content (AvgIpc) is 2.34. The first-order valence-electron chi connectivity index (χ1n) is 6.32. The highest BCUT2D eigenvalue weighted by Crippen LogP contribution is 2.13. The van der Waals surface area contributed by atoms with E-state index in [1.165, 1.54) is 21.6 Å². The van der Waals surface area contributed by atoms with Gasteiger partial charge in [-0.25, -0.2) is 4.79 Å². The first-order chi connectivity index (χ1) is 8.56. The molecule has 98 valence electrons. The molecule has 1 aromatic carbocycles. The smallest absolute Gasteiger partial charge is 0.407 e. The summed E-state index contributed by atoms with van der Waals surface area (Å²) < 4.78 is 0. The number of amides is 1. The van der Waals surface area contributed by atoms with Crippen LogP contribution in [0.25, 0.3) is 0 Å². The summed E-state index contributed by atoms with van der Waals surface area (Å²) in [5, 5.41) is 8.89. The van der Waals surface area contributed by atoms with Crippen LogP contribution in [0.15, 0.2) is 18.2 Å². The molecule has 4 nitrogen and oxygen atoms in total. The fraction of sp³-hybridized carbons (Fsp3) is 0.500. The van der Waals surface area contributed by atoms with E-state index in [0.29, 0.717) is 13.1 Å². The Morgan fingerprint density at radius 2 is 1.83 bits per heavy atom. The Bertz CT molecular complexity index is 437. The summed E-state index contributed by atoms with van der Waals surface area (Å²) in [6, 6.07) is 6.53. The van der Waals surface area contributed by atoms with Crippen LogP contribution in [0.1, 0.15) is 16.7 Å². The number of nitrogens with zero attached hydrogens (tertiary/aromatic N) is 2. The highest BCUT2D eigenvalue weighted by molar-refractivity contribution is 5.65. The fourth-order valence-electron chi connectivity index (χ4n) is 2.26. The molecule has 0 aliphatic carbocycles. The van der Waals surface area contributed by atoms with Crippen LogP contribution in [0, 0.1) is 13.8 Å². The molecule has 1 fully saturated rings. The number of benzene rings is 1. The molecule has 1 saturated heterocycles. The standard InChI is InChI=1S/C14H20N2O2/c1-11-3-4-13(9-12(11)2)10-15-5-7-16(8-6-15)14(17)18/h3-4,9H,5-8,10H2,1-2H3,(H,17,18). The highest BCUT2D eigenvalue weighted by atomic mass is 16.4. The number of hydrogen-bond donors (Lipinski definition) is 1. The molecule has 0 spiro atoms. The van der Waals surface area contributed by atoms with Gasteiger partial charge < -0.3 is 10.0 Å². The van der Waals surface area contributed by atoms with Crippen molar-refractivity contribution in [2.75, 3.05) is 26.2 Å². The van der Waals surface area contributed by atoms with Crippen molar-refractivity contribution >= 4 is 6.09 Å². The molecule has 1 heterocycles. The average molecular weight is 248 g/mol. The number of piperazine rings is 1. The van der Waals surface area contributed by atoms with E-state index in [1.54, 1.807) is 0 Å². The molecule has 0 saturated carbocycles. The van der Waals surface area contributed by atoms with E-state index in [1.807, 2.05) is 0 Å². The Hall–Kier alpha value is -1.55. The van der Waals surface area contributed by atoms with Crippen LogP contribution < -0.4 is 0 Å². The van der Waals surface area contributed by atoms with E-state index >= 15 is 0 Å². The van der Waals surface area contributed by atoms with E-state index < -0.39 is 6.09 Å². The van der Waals surface area contributed by atoms with Crippen molar-refractivity contribution in [2.24, 2.45) is 0 Å². The quantitative estimate of drug-likeness (QED) is 0.871. The SMILES string of the molecule is Cc1ccc(CN2CCN(C(=O)O)CC2)cc1C. The molecular formula is C14H20N2O2. The first-order valence-corrected chi connectivity index (χ1v) is 6.32. The van der Waals surface area contributed by atoms with Crippen molar-refractivity contribution in [3.8, 4) is 0 Å². The van der Waals surface area contributed by atoms with E-state index in [2.05, 4.69) is 36.9 Å². The van der Waals surface area contributed by atoms with Crippen LogP contribution in [-0.4, -0.2) is 47.2 Å². The van der Waals surface area contributed by atoms with Gasteiger partial charge in [-0.1, -0.05) is 18.2 Å². The fourth-order valence-corrected chi connectivity index (χ4v) is 2.26. The van der Waals surface area contributed by atoms with Crippen molar-refractivity contribution in [1.29, 1.82) is 0 Å². The number of carboxylic acid groups (broad SMARTS) is 1. The van der Waals surface area contributed by atoms with Crippen LogP contribution >= 0.6 is 0 Å². The van der Waals surface area contributed by atoms with Crippen LogP contribution in [0.3, 0.4) is 0 Å². The summed E-state index contributed by atoms with van der Waals surface area (Å²) in [4.78, 5) is 14.6. The van der Waals surface area contributed by atoms with Gasteiger partial charge >= 0.3 is 6.09 Å². The minimum absolute atomic E-state index is 0.611. The molecule has 1 aliphatic heterocycles. The van der Waals surface area contributed by atoms with E-state index in [4.69, 9.17) is 5.11 Å². The molecule has 4 heteroatoms. The molecule has 0 radical (unpaired) electrons. The number of carbonyl (C=O) groups is 1. The predicted molar refractivity (Wildman–Crippen MR) is 70.8 cm³/mol. The van der Waals surface area contributed by atoms with Gasteiger partial charge in [-0.3, -0.25) is 4.90 Å². The molecule has 1 aromatic rings. The third-order valence-electron chi connectivity index (χ3n) is 3.62. The molecule has 1 amide bonds. The van der Waals surface area contributed by atoms with Crippen molar-refractivity contribution in [3.05, 3.63) is 34.9 Å². The second-order valence-electron chi connectivity index (χ2n) is 4.96. The maximum atomic E-state index is 10.8. The maximum Gasteiger partial charge on any atom is 0.407 e. The van der Waals surface area contributed by atoms with E-state index in [-0.39, 0.29) is 0 Å². The topological polar surface area (TPSA) is 43.8 Å². The van der Waals surface area contributed by atoms with Gasteiger partial charge in [-0.05, 0) is 30.5 Å². The van der Waals surface area contributed by atoms with Crippen LogP contribution in [-0.2, 0) is 6.54 Å². The van der Waals surface area contributed by atoms with Gasteiger partial charge in [0.25, 0.3) is 0 Å². The van der Waals surface area contributed by atoms with Gasteiger partial charge in [0.05, 0.1) is 0 Å². The monoisotopic (exact) mass is 248 g/mol. The summed E-state index contributed by atoms with van der Waals surface area (Å²) in [5.74, 6) is 0. The molecule has 2 rings (SSSR count). The Kier molecular flexibility index (Phi) is 3.87. The third-order valence-corrected chi connectivity index (χ3v) is 3.62. The Morgan fingerprint density at radius 1 is 1.17 bits per heavy atom. The van der Waals surface area contributed by atoms with Crippen molar-refractivity contribution in [3.63, 3.8) is 0 Å². The second-order valence-corrected chi connectivity index (χ2v) is 4.96. The summed E-state index contributed by atoms with van der Waals surface area (Å²) in [5.41, 5.74) is 3.94. The molecule has 18 heavy (non-hydrogen) atoms. The lowest BCUT2D eigenvalue weighted by molar-refractivity contribution is 0.103. The minimum atomic E-state index is -0.805. The zero-order valence-corrected chi connectivity index (χ0v) is 11.0. The lowest BCUT2D eigenvalue weighted by atomic mass is 10.1. The molecule has 0 atom stereocenters. The maximum absolute atomic E-state index is 10.8. The molecule has 0 bridgehead atoms. The Balaban J connectivity index is 1.91. The zero-order chi connectivity index (χ0) is 13.1. The predicted octanol–water partition coefficient (Wildman–Crippen LogP) is 2.10. The lowest BCUT2D eigenvalue weighted by Crippen LogP contribution is -2.47. The van der Waals surface area contributed by atoms with E-state index in [9.17, 15) is 4.79 Å². The zero-order valence-electron chi connectivity index (χ0n) is 11.0. The summed E-state index contributed by atoms with van der Waals surface area (Å²) in [7, 11) is 0. The van der Waals surface area contributed by atoms with Crippen LogP contribution in [0.2, 0.25) is 0 Å². The molecule has 0 aromatic heterocycles. The molecule has 1 N–H and O–H groups in total. The van der Waals surface area contributed by atoms with Gasteiger partial charge in [0.15, 0.2) is 0 Å². The number of hydrogen-bond acceptors (Lipinski definition) is 2. The van der Waals surface area contributed by atoms with Crippen LogP contribution in [0.4, 0.5) is 4.79 Å². The highest BCUT2D eigenvalue weighted by Gasteiger charge is 2.20. The summed E-state index contributed by atoms with van der Waals surface area (Å²) in [6.07, 6.45) is -0.805. The van der Waals surface area contributed by atoms with Gasteiger partial charge in [0.1, 0.15) is 0 Å². The minimum Gasteiger partial charge on any atom is -0.465 e.